The lowest BCUT2D eigenvalue weighted by Crippen LogP contribution is -2.28. The van der Waals surface area contributed by atoms with Gasteiger partial charge in [0.15, 0.2) is 0 Å². The predicted octanol–water partition coefficient (Wildman–Crippen LogP) is 4.25. The average molecular weight is 283 g/mol. The van der Waals surface area contributed by atoms with Crippen LogP contribution in [0.1, 0.15) is 45.6 Å². The highest BCUT2D eigenvalue weighted by atomic mass is 35.5. The zero-order valence-electron chi connectivity index (χ0n) is 12.5. The standard InChI is InChI=1S/C16H27ClN2/c1-4-10-19(11-5-2)16-9-7-8-15(17)14(16)12-13(18)6-3/h7-9,13H,4-6,10-12,18H2,1-3H3. The summed E-state index contributed by atoms with van der Waals surface area (Å²) in [5.41, 5.74) is 8.59. The van der Waals surface area contributed by atoms with Crippen molar-refractivity contribution >= 4 is 17.3 Å². The minimum Gasteiger partial charge on any atom is -0.371 e. The number of hydrogen-bond donors (Lipinski definition) is 1. The Morgan fingerprint density at radius 1 is 1.16 bits per heavy atom. The summed E-state index contributed by atoms with van der Waals surface area (Å²) in [5.74, 6) is 0. The first kappa shape index (κ1) is 16.3. The Balaban J connectivity index is 3.06. The van der Waals surface area contributed by atoms with Gasteiger partial charge in [-0.2, -0.15) is 0 Å². The number of rotatable bonds is 8. The van der Waals surface area contributed by atoms with Gasteiger partial charge in [-0.25, -0.2) is 0 Å². The fourth-order valence-electron chi connectivity index (χ4n) is 2.34. The lowest BCUT2D eigenvalue weighted by Gasteiger charge is -2.27. The van der Waals surface area contributed by atoms with Gasteiger partial charge in [-0.15, -0.1) is 0 Å². The van der Waals surface area contributed by atoms with E-state index in [1.807, 2.05) is 12.1 Å². The number of nitrogens with zero attached hydrogens (tertiary/aromatic N) is 1. The van der Waals surface area contributed by atoms with Gasteiger partial charge >= 0.3 is 0 Å². The summed E-state index contributed by atoms with van der Waals surface area (Å²) in [7, 11) is 0. The molecule has 1 unspecified atom stereocenters. The third-order valence-electron chi connectivity index (χ3n) is 3.41. The first-order chi connectivity index (χ1) is 9.13. The van der Waals surface area contributed by atoms with Crippen molar-refractivity contribution in [2.45, 2.75) is 52.5 Å². The Hall–Kier alpha value is -0.730. The molecule has 0 fully saturated rings. The van der Waals surface area contributed by atoms with Gasteiger partial charge in [0.25, 0.3) is 0 Å². The monoisotopic (exact) mass is 282 g/mol. The molecule has 0 aliphatic heterocycles. The maximum Gasteiger partial charge on any atom is 0.0459 e. The molecule has 108 valence electrons. The quantitative estimate of drug-likeness (QED) is 0.772. The predicted molar refractivity (Wildman–Crippen MR) is 86.2 cm³/mol. The zero-order chi connectivity index (χ0) is 14.3. The zero-order valence-corrected chi connectivity index (χ0v) is 13.2. The number of halogens is 1. The lowest BCUT2D eigenvalue weighted by atomic mass is 10.0. The minimum atomic E-state index is 0.184. The summed E-state index contributed by atoms with van der Waals surface area (Å²) >= 11 is 6.39. The van der Waals surface area contributed by atoms with E-state index >= 15 is 0 Å². The van der Waals surface area contributed by atoms with Crippen molar-refractivity contribution in [3.8, 4) is 0 Å². The highest BCUT2D eigenvalue weighted by molar-refractivity contribution is 6.31. The van der Waals surface area contributed by atoms with Crippen LogP contribution >= 0.6 is 11.6 Å². The van der Waals surface area contributed by atoms with Gasteiger partial charge in [0.05, 0.1) is 0 Å². The topological polar surface area (TPSA) is 29.3 Å². The molecular formula is C16H27ClN2. The second-order valence-electron chi connectivity index (χ2n) is 5.10. The van der Waals surface area contributed by atoms with Gasteiger partial charge in [-0.1, -0.05) is 38.4 Å². The molecule has 1 atom stereocenters. The van der Waals surface area contributed by atoms with Crippen LogP contribution < -0.4 is 10.6 Å². The Morgan fingerprint density at radius 2 is 1.79 bits per heavy atom. The van der Waals surface area contributed by atoms with E-state index in [0.717, 1.165) is 43.8 Å². The van der Waals surface area contributed by atoms with Crippen LogP contribution in [-0.4, -0.2) is 19.1 Å². The van der Waals surface area contributed by atoms with Crippen molar-refractivity contribution in [1.82, 2.24) is 0 Å². The Kier molecular flexibility index (Phi) is 7.25. The van der Waals surface area contributed by atoms with Crippen molar-refractivity contribution < 1.29 is 0 Å². The highest BCUT2D eigenvalue weighted by Gasteiger charge is 2.14. The molecule has 2 nitrogen and oxygen atoms in total. The molecule has 0 spiro atoms. The molecule has 2 N–H and O–H groups in total. The molecule has 1 aromatic rings. The number of anilines is 1. The van der Waals surface area contributed by atoms with Crippen LogP contribution in [0.25, 0.3) is 0 Å². The molecule has 1 aromatic carbocycles. The van der Waals surface area contributed by atoms with E-state index in [1.54, 1.807) is 0 Å². The van der Waals surface area contributed by atoms with Crippen LogP contribution in [0.5, 0.6) is 0 Å². The van der Waals surface area contributed by atoms with Gasteiger partial charge < -0.3 is 10.6 Å². The number of nitrogens with two attached hydrogens (primary N) is 1. The van der Waals surface area contributed by atoms with Crippen molar-refractivity contribution in [2.75, 3.05) is 18.0 Å². The summed E-state index contributed by atoms with van der Waals surface area (Å²) in [4.78, 5) is 2.43. The van der Waals surface area contributed by atoms with E-state index in [9.17, 15) is 0 Å². The van der Waals surface area contributed by atoms with E-state index in [2.05, 4.69) is 31.7 Å². The van der Waals surface area contributed by atoms with E-state index in [0.29, 0.717) is 0 Å². The summed E-state index contributed by atoms with van der Waals surface area (Å²) in [5, 5.41) is 0.846. The van der Waals surface area contributed by atoms with Gasteiger partial charge in [0.2, 0.25) is 0 Å². The van der Waals surface area contributed by atoms with Crippen molar-refractivity contribution in [3.63, 3.8) is 0 Å². The SMILES string of the molecule is CCCN(CCC)c1cccc(Cl)c1CC(N)CC. The van der Waals surface area contributed by atoms with Crippen LogP contribution in [0.15, 0.2) is 18.2 Å². The molecule has 0 saturated carbocycles. The number of hydrogen-bond acceptors (Lipinski definition) is 2. The molecule has 0 bridgehead atoms. The second kappa shape index (κ2) is 8.44. The first-order valence-electron chi connectivity index (χ1n) is 7.41. The summed E-state index contributed by atoms with van der Waals surface area (Å²) < 4.78 is 0. The molecular weight excluding hydrogens is 256 g/mol. The molecule has 0 amide bonds. The Labute approximate surface area is 122 Å². The van der Waals surface area contributed by atoms with Gasteiger partial charge in [-0.3, -0.25) is 0 Å². The summed E-state index contributed by atoms with van der Waals surface area (Å²) in [6, 6.07) is 6.37. The minimum absolute atomic E-state index is 0.184. The fraction of sp³-hybridized carbons (Fsp3) is 0.625. The van der Waals surface area contributed by atoms with Gasteiger partial charge in [0.1, 0.15) is 0 Å². The van der Waals surface area contributed by atoms with Gasteiger partial charge in [0, 0.05) is 29.8 Å². The van der Waals surface area contributed by atoms with E-state index in [4.69, 9.17) is 17.3 Å². The van der Waals surface area contributed by atoms with Gasteiger partial charge in [-0.05, 0) is 43.4 Å². The van der Waals surface area contributed by atoms with Crippen LogP contribution in [-0.2, 0) is 6.42 Å². The maximum atomic E-state index is 6.39. The van der Waals surface area contributed by atoms with E-state index < -0.39 is 0 Å². The maximum absolute atomic E-state index is 6.39. The van der Waals surface area contributed by atoms with Crippen LogP contribution in [0.2, 0.25) is 5.02 Å². The van der Waals surface area contributed by atoms with Crippen molar-refractivity contribution in [3.05, 3.63) is 28.8 Å². The van der Waals surface area contributed by atoms with Crippen molar-refractivity contribution in [1.29, 1.82) is 0 Å². The molecule has 0 radical (unpaired) electrons. The Bertz CT molecular complexity index is 373. The van der Waals surface area contributed by atoms with Crippen LogP contribution in [0.4, 0.5) is 5.69 Å². The molecule has 1 rings (SSSR count). The Morgan fingerprint density at radius 3 is 2.32 bits per heavy atom. The fourth-order valence-corrected chi connectivity index (χ4v) is 2.59. The molecule has 0 saturated heterocycles. The normalized spacial score (nSPS) is 12.5. The van der Waals surface area contributed by atoms with Crippen molar-refractivity contribution in [2.24, 2.45) is 5.73 Å². The largest absolute Gasteiger partial charge is 0.371 e. The van der Waals surface area contributed by atoms with E-state index in [-0.39, 0.29) is 6.04 Å². The third-order valence-corrected chi connectivity index (χ3v) is 3.77. The molecule has 0 aromatic heterocycles. The highest BCUT2D eigenvalue weighted by Crippen LogP contribution is 2.29. The summed E-state index contributed by atoms with van der Waals surface area (Å²) in [6.45, 7) is 8.69. The van der Waals surface area contributed by atoms with Crippen LogP contribution in [0, 0.1) is 0 Å². The first-order valence-corrected chi connectivity index (χ1v) is 7.79. The van der Waals surface area contributed by atoms with E-state index in [1.165, 1.54) is 11.3 Å². The molecule has 0 heterocycles. The smallest absolute Gasteiger partial charge is 0.0459 e. The molecule has 0 aliphatic rings. The summed E-state index contributed by atoms with van der Waals surface area (Å²) in [6.07, 6.45) is 4.12. The average Bonchev–Trinajstić information content (AvgIpc) is 2.40. The molecule has 19 heavy (non-hydrogen) atoms. The molecule has 0 aliphatic carbocycles. The number of benzene rings is 1. The third kappa shape index (κ3) is 4.70. The molecule has 3 heteroatoms. The van der Waals surface area contributed by atoms with Crippen LogP contribution in [0.3, 0.4) is 0 Å². The second-order valence-corrected chi connectivity index (χ2v) is 5.50. The lowest BCUT2D eigenvalue weighted by molar-refractivity contribution is 0.642.